The van der Waals surface area contributed by atoms with Crippen molar-refractivity contribution in [2.75, 3.05) is 7.05 Å². The molecule has 1 aliphatic heterocycles. The van der Waals surface area contributed by atoms with Gasteiger partial charge in [0.25, 0.3) is 5.91 Å². The van der Waals surface area contributed by atoms with E-state index in [-0.39, 0.29) is 11.9 Å². The number of carbonyl (C=O) groups excluding carboxylic acids is 1. The van der Waals surface area contributed by atoms with Crippen LogP contribution >= 0.6 is 0 Å². The second kappa shape index (κ2) is 6.57. The molecule has 0 bridgehead atoms. The number of rotatable bonds is 4. The van der Waals surface area contributed by atoms with Gasteiger partial charge in [0.05, 0.1) is 0 Å². The summed E-state index contributed by atoms with van der Waals surface area (Å²) >= 11 is 0. The smallest absolute Gasteiger partial charge is 0.332 e. The summed E-state index contributed by atoms with van der Waals surface area (Å²) in [6, 6.07) is 0.290. The van der Waals surface area contributed by atoms with E-state index in [1.807, 2.05) is 7.05 Å². The molecule has 5 heteroatoms. The van der Waals surface area contributed by atoms with Gasteiger partial charge in [-0.15, -0.1) is 0 Å². The Morgan fingerprint density at radius 1 is 1.10 bits per heavy atom. The molecule has 5 nitrogen and oxygen atoms in total. The number of nitrogens with zero attached hydrogens (tertiary/aromatic N) is 1. The number of aliphatic carboxylic acids is 1. The SMILES string of the molecule is CCC1CCC(N(C)C(=O)[C@@H]2CC[C@H](C(=O)O)O2)CC1. The summed E-state index contributed by atoms with van der Waals surface area (Å²) in [5, 5.41) is 8.91. The Balaban J connectivity index is 1.85. The van der Waals surface area contributed by atoms with E-state index < -0.39 is 18.2 Å². The largest absolute Gasteiger partial charge is 0.479 e. The maximum atomic E-state index is 12.4. The van der Waals surface area contributed by atoms with Crippen LogP contribution in [-0.2, 0) is 14.3 Å². The molecule has 114 valence electrons. The third-order valence-electron chi connectivity index (χ3n) is 4.86. The fourth-order valence-electron chi connectivity index (χ4n) is 3.35. The van der Waals surface area contributed by atoms with E-state index in [9.17, 15) is 9.59 Å². The Morgan fingerprint density at radius 2 is 1.70 bits per heavy atom. The first-order valence-corrected chi connectivity index (χ1v) is 7.67. The van der Waals surface area contributed by atoms with Gasteiger partial charge in [0.2, 0.25) is 0 Å². The second-order valence-corrected chi connectivity index (χ2v) is 6.06. The summed E-state index contributed by atoms with van der Waals surface area (Å²) in [7, 11) is 1.83. The van der Waals surface area contributed by atoms with Crippen LogP contribution in [0.4, 0.5) is 0 Å². The van der Waals surface area contributed by atoms with E-state index in [0.717, 1.165) is 18.8 Å². The van der Waals surface area contributed by atoms with Crippen molar-refractivity contribution in [2.24, 2.45) is 5.92 Å². The van der Waals surface area contributed by atoms with Crippen LogP contribution in [0.2, 0.25) is 0 Å². The molecule has 2 aliphatic rings. The molecule has 1 N–H and O–H groups in total. The minimum atomic E-state index is -0.966. The fourth-order valence-corrected chi connectivity index (χ4v) is 3.35. The Hall–Kier alpha value is -1.10. The van der Waals surface area contributed by atoms with Gasteiger partial charge in [-0.05, 0) is 44.4 Å². The lowest BCUT2D eigenvalue weighted by molar-refractivity contribution is -0.155. The molecule has 0 unspecified atom stereocenters. The van der Waals surface area contributed by atoms with Crippen LogP contribution in [0.15, 0.2) is 0 Å². The van der Waals surface area contributed by atoms with Gasteiger partial charge in [-0.2, -0.15) is 0 Å². The van der Waals surface area contributed by atoms with Crippen molar-refractivity contribution in [3.8, 4) is 0 Å². The zero-order valence-electron chi connectivity index (χ0n) is 12.4. The second-order valence-electron chi connectivity index (χ2n) is 6.06. The lowest BCUT2D eigenvalue weighted by atomic mass is 9.84. The van der Waals surface area contributed by atoms with Gasteiger partial charge in [0, 0.05) is 13.1 Å². The van der Waals surface area contributed by atoms with Crippen molar-refractivity contribution >= 4 is 11.9 Å². The third kappa shape index (κ3) is 3.32. The van der Waals surface area contributed by atoms with Gasteiger partial charge in [-0.25, -0.2) is 4.79 Å². The lowest BCUT2D eigenvalue weighted by Crippen LogP contribution is -2.44. The van der Waals surface area contributed by atoms with E-state index in [0.29, 0.717) is 12.8 Å². The molecule has 1 saturated heterocycles. The Labute approximate surface area is 120 Å². The number of carbonyl (C=O) groups is 2. The number of likely N-dealkylation sites (N-methyl/N-ethyl adjacent to an activating group) is 1. The Kier molecular flexibility index (Phi) is 5.02. The molecule has 2 fully saturated rings. The average Bonchev–Trinajstić information content (AvgIpc) is 2.96. The van der Waals surface area contributed by atoms with E-state index in [4.69, 9.17) is 9.84 Å². The number of amides is 1. The lowest BCUT2D eigenvalue weighted by Gasteiger charge is -2.35. The molecule has 0 aromatic rings. The maximum absolute atomic E-state index is 12.4. The minimum Gasteiger partial charge on any atom is -0.479 e. The predicted octanol–water partition coefficient (Wildman–Crippen LogP) is 2.05. The predicted molar refractivity (Wildman–Crippen MR) is 74.3 cm³/mol. The number of carboxylic acid groups (broad SMARTS) is 1. The molecule has 0 aromatic carbocycles. The zero-order valence-corrected chi connectivity index (χ0v) is 12.4. The highest BCUT2D eigenvalue weighted by molar-refractivity contribution is 5.82. The van der Waals surface area contributed by atoms with Gasteiger partial charge >= 0.3 is 5.97 Å². The molecule has 1 heterocycles. The van der Waals surface area contributed by atoms with Gasteiger partial charge < -0.3 is 14.7 Å². The number of hydrogen-bond donors (Lipinski definition) is 1. The minimum absolute atomic E-state index is 0.0475. The van der Waals surface area contributed by atoms with E-state index in [1.54, 1.807) is 4.90 Å². The van der Waals surface area contributed by atoms with Crippen LogP contribution in [0.1, 0.15) is 51.9 Å². The fraction of sp³-hybridized carbons (Fsp3) is 0.867. The van der Waals surface area contributed by atoms with Crippen molar-refractivity contribution in [1.82, 2.24) is 4.90 Å². The van der Waals surface area contributed by atoms with Crippen molar-refractivity contribution < 1.29 is 19.4 Å². The Bertz CT molecular complexity index is 363. The van der Waals surface area contributed by atoms with E-state index >= 15 is 0 Å². The van der Waals surface area contributed by atoms with Crippen LogP contribution in [0, 0.1) is 5.92 Å². The first-order valence-electron chi connectivity index (χ1n) is 7.67. The molecule has 0 radical (unpaired) electrons. The highest BCUT2D eigenvalue weighted by Crippen LogP contribution is 2.30. The van der Waals surface area contributed by atoms with Crippen molar-refractivity contribution in [2.45, 2.75) is 70.1 Å². The van der Waals surface area contributed by atoms with Crippen molar-refractivity contribution in [3.05, 3.63) is 0 Å². The molecular weight excluding hydrogens is 258 g/mol. The Morgan fingerprint density at radius 3 is 2.20 bits per heavy atom. The number of ether oxygens (including phenoxy) is 1. The highest BCUT2D eigenvalue weighted by atomic mass is 16.5. The topological polar surface area (TPSA) is 66.8 Å². The number of hydrogen-bond acceptors (Lipinski definition) is 3. The van der Waals surface area contributed by atoms with Crippen LogP contribution in [0.5, 0.6) is 0 Å². The number of carboxylic acids is 1. The van der Waals surface area contributed by atoms with Gasteiger partial charge in [-0.1, -0.05) is 13.3 Å². The summed E-state index contributed by atoms with van der Waals surface area (Å²) in [5.74, 6) is -0.214. The maximum Gasteiger partial charge on any atom is 0.332 e. The van der Waals surface area contributed by atoms with Crippen LogP contribution in [0.3, 0.4) is 0 Å². The summed E-state index contributed by atoms with van der Waals surface area (Å²) < 4.78 is 5.35. The van der Waals surface area contributed by atoms with Crippen LogP contribution < -0.4 is 0 Å². The monoisotopic (exact) mass is 283 g/mol. The molecule has 1 amide bonds. The highest BCUT2D eigenvalue weighted by Gasteiger charge is 2.37. The molecule has 2 atom stereocenters. The average molecular weight is 283 g/mol. The molecule has 20 heavy (non-hydrogen) atoms. The molecular formula is C15H25NO4. The zero-order chi connectivity index (χ0) is 14.7. The van der Waals surface area contributed by atoms with Crippen molar-refractivity contribution in [3.63, 3.8) is 0 Å². The molecule has 1 saturated carbocycles. The normalized spacial score (nSPS) is 33.9. The van der Waals surface area contributed by atoms with E-state index in [2.05, 4.69) is 6.92 Å². The first kappa shape index (κ1) is 15.3. The van der Waals surface area contributed by atoms with Gasteiger partial charge in [-0.3, -0.25) is 4.79 Å². The van der Waals surface area contributed by atoms with E-state index in [1.165, 1.54) is 19.3 Å². The van der Waals surface area contributed by atoms with Gasteiger partial charge in [0.15, 0.2) is 6.10 Å². The van der Waals surface area contributed by atoms with Crippen LogP contribution in [0.25, 0.3) is 0 Å². The summed E-state index contributed by atoms with van der Waals surface area (Å²) in [6.07, 6.45) is 5.26. The van der Waals surface area contributed by atoms with Gasteiger partial charge in [0.1, 0.15) is 6.10 Å². The molecule has 2 rings (SSSR count). The molecule has 0 spiro atoms. The first-order chi connectivity index (χ1) is 9.52. The van der Waals surface area contributed by atoms with Crippen molar-refractivity contribution in [1.29, 1.82) is 0 Å². The summed E-state index contributed by atoms with van der Waals surface area (Å²) in [4.78, 5) is 25.0. The van der Waals surface area contributed by atoms with Crippen LogP contribution in [-0.4, -0.2) is 47.2 Å². The molecule has 0 aromatic heterocycles. The molecule has 1 aliphatic carbocycles. The summed E-state index contributed by atoms with van der Waals surface area (Å²) in [5.41, 5.74) is 0. The summed E-state index contributed by atoms with van der Waals surface area (Å²) in [6.45, 7) is 2.22. The quantitative estimate of drug-likeness (QED) is 0.857. The third-order valence-corrected chi connectivity index (χ3v) is 4.86. The standard InChI is InChI=1S/C15H25NO4/c1-3-10-4-6-11(7-5-10)16(2)14(17)12-8-9-13(20-12)15(18)19/h10-13H,3-9H2,1-2H3,(H,18,19)/t10?,11?,12-,13+/m0/s1.